The van der Waals surface area contributed by atoms with Crippen molar-refractivity contribution in [2.45, 2.75) is 26.1 Å². The van der Waals surface area contributed by atoms with Crippen LogP contribution in [-0.2, 0) is 13.1 Å². The maximum atomic E-state index is 9.94. The van der Waals surface area contributed by atoms with E-state index in [1.54, 1.807) is 13.0 Å². The number of aliphatic hydroxyl groups excluding tert-OH is 1. The Kier molecular flexibility index (Phi) is 3.17. The third kappa shape index (κ3) is 2.15. The molecule has 1 aliphatic rings. The Hall–Kier alpha value is -2.31. The van der Waals surface area contributed by atoms with Crippen LogP contribution in [0.3, 0.4) is 0 Å². The Morgan fingerprint density at radius 1 is 1.15 bits per heavy atom. The van der Waals surface area contributed by atoms with Crippen LogP contribution in [0.25, 0.3) is 0 Å². The third-order valence-corrected chi connectivity index (χ3v) is 3.79. The Bertz CT molecular complexity index is 661. The summed E-state index contributed by atoms with van der Waals surface area (Å²) in [7, 11) is 0. The summed E-state index contributed by atoms with van der Waals surface area (Å²) in [6.45, 7) is 3.41. The van der Waals surface area contributed by atoms with Crippen molar-refractivity contribution in [1.82, 2.24) is 0 Å². The van der Waals surface area contributed by atoms with Crippen LogP contribution in [0.2, 0.25) is 0 Å². The first-order chi connectivity index (χ1) is 9.69. The number of rotatable bonds is 2. The molecule has 3 nitrogen and oxygen atoms in total. The minimum absolute atomic E-state index is 0.540. The van der Waals surface area contributed by atoms with Crippen LogP contribution >= 0.6 is 0 Å². The largest absolute Gasteiger partial charge is 0.389 e. The number of aliphatic hydroxyl groups is 1. The average Bonchev–Trinajstić information content (AvgIpc) is 2.90. The highest BCUT2D eigenvalue weighted by atomic mass is 16.3. The van der Waals surface area contributed by atoms with Gasteiger partial charge in [-0.05, 0) is 30.2 Å². The van der Waals surface area contributed by atoms with Gasteiger partial charge in [0, 0.05) is 24.3 Å². The molecule has 0 radical (unpaired) electrons. The van der Waals surface area contributed by atoms with Gasteiger partial charge in [-0.25, -0.2) is 0 Å². The molecule has 2 aromatic rings. The zero-order valence-corrected chi connectivity index (χ0v) is 11.4. The lowest BCUT2D eigenvalue weighted by Gasteiger charge is -2.23. The fraction of sp³-hybridized carbons (Fsp3) is 0.235. The molecule has 0 saturated carbocycles. The van der Waals surface area contributed by atoms with Crippen LogP contribution in [0, 0.1) is 11.3 Å². The molecule has 1 atom stereocenters. The van der Waals surface area contributed by atoms with Crippen molar-refractivity contribution in [2.24, 2.45) is 0 Å². The summed E-state index contributed by atoms with van der Waals surface area (Å²) in [5.74, 6) is 0. The molecule has 2 aromatic carbocycles. The number of anilines is 1. The van der Waals surface area contributed by atoms with Gasteiger partial charge in [-0.2, -0.15) is 5.26 Å². The Balaban J connectivity index is 2.01. The molecule has 3 rings (SSSR count). The van der Waals surface area contributed by atoms with Gasteiger partial charge in [-0.3, -0.25) is 0 Å². The van der Waals surface area contributed by atoms with E-state index in [4.69, 9.17) is 5.26 Å². The van der Waals surface area contributed by atoms with Crippen molar-refractivity contribution >= 4 is 5.69 Å². The number of benzene rings is 2. The van der Waals surface area contributed by atoms with Gasteiger partial charge >= 0.3 is 0 Å². The van der Waals surface area contributed by atoms with Crippen molar-refractivity contribution in [2.75, 3.05) is 4.90 Å². The summed E-state index contributed by atoms with van der Waals surface area (Å²) in [6.07, 6.45) is -0.540. The maximum absolute atomic E-state index is 9.94. The molecule has 0 saturated heterocycles. The minimum Gasteiger partial charge on any atom is -0.389 e. The number of nitriles is 1. The molecule has 0 bridgehead atoms. The van der Waals surface area contributed by atoms with Gasteiger partial charge in [-0.1, -0.05) is 30.3 Å². The van der Waals surface area contributed by atoms with E-state index in [2.05, 4.69) is 23.1 Å². The van der Waals surface area contributed by atoms with Crippen LogP contribution < -0.4 is 4.90 Å². The first kappa shape index (κ1) is 12.7. The predicted octanol–water partition coefficient (Wildman–Crippen LogP) is 3.13. The number of hydrogen-bond acceptors (Lipinski definition) is 3. The highest BCUT2D eigenvalue weighted by Crippen LogP contribution is 2.33. The summed E-state index contributed by atoms with van der Waals surface area (Å²) in [6, 6.07) is 16.0. The Labute approximate surface area is 118 Å². The van der Waals surface area contributed by atoms with E-state index in [9.17, 15) is 5.11 Å². The molecule has 0 aromatic heterocycles. The zero-order chi connectivity index (χ0) is 14.1. The number of hydrogen-bond donors (Lipinski definition) is 1. The van der Waals surface area contributed by atoms with E-state index in [1.807, 2.05) is 24.3 Å². The van der Waals surface area contributed by atoms with Gasteiger partial charge in [-0.15, -0.1) is 0 Å². The smallest absolute Gasteiger partial charge is 0.0992 e. The van der Waals surface area contributed by atoms with Crippen molar-refractivity contribution in [3.63, 3.8) is 0 Å². The predicted molar refractivity (Wildman–Crippen MR) is 78.1 cm³/mol. The second-order valence-corrected chi connectivity index (χ2v) is 5.19. The fourth-order valence-electron chi connectivity index (χ4n) is 2.74. The van der Waals surface area contributed by atoms with Crippen LogP contribution in [0.4, 0.5) is 5.69 Å². The molecule has 0 amide bonds. The monoisotopic (exact) mass is 264 g/mol. The van der Waals surface area contributed by atoms with Crippen LogP contribution in [0.1, 0.15) is 35.3 Å². The molecule has 0 fully saturated rings. The highest BCUT2D eigenvalue weighted by molar-refractivity contribution is 5.60. The fourth-order valence-corrected chi connectivity index (χ4v) is 2.74. The summed E-state index contributed by atoms with van der Waals surface area (Å²) in [5.41, 5.74) is 5.07. The van der Waals surface area contributed by atoms with Crippen LogP contribution in [0.5, 0.6) is 0 Å². The van der Waals surface area contributed by atoms with Gasteiger partial charge in [0.25, 0.3) is 0 Å². The Morgan fingerprint density at radius 3 is 2.35 bits per heavy atom. The molecule has 0 aliphatic carbocycles. The standard InChI is InChI=1S/C17H16N2O/c1-12(20)16-7-6-13(9-18)8-17(16)19-10-14-4-2-3-5-15(14)11-19/h2-8,12,20H,10-11H2,1H3/t12-/m0/s1. The summed E-state index contributed by atoms with van der Waals surface area (Å²) >= 11 is 0. The lowest BCUT2D eigenvalue weighted by Crippen LogP contribution is -2.17. The van der Waals surface area contributed by atoms with Gasteiger partial charge in [0.2, 0.25) is 0 Å². The van der Waals surface area contributed by atoms with Gasteiger partial charge < -0.3 is 10.0 Å². The lowest BCUT2D eigenvalue weighted by atomic mass is 10.0. The van der Waals surface area contributed by atoms with Crippen molar-refractivity contribution in [1.29, 1.82) is 5.26 Å². The van der Waals surface area contributed by atoms with E-state index >= 15 is 0 Å². The minimum atomic E-state index is -0.540. The Morgan fingerprint density at radius 2 is 1.80 bits per heavy atom. The van der Waals surface area contributed by atoms with Crippen LogP contribution in [0.15, 0.2) is 42.5 Å². The maximum Gasteiger partial charge on any atom is 0.0992 e. The van der Waals surface area contributed by atoms with Gasteiger partial charge in [0.15, 0.2) is 0 Å². The van der Waals surface area contributed by atoms with E-state index in [-0.39, 0.29) is 0 Å². The summed E-state index contributed by atoms with van der Waals surface area (Å²) < 4.78 is 0. The molecule has 1 aliphatic heterocycles. The zero-order valence-electron chi connectivity index (χ0n) is 11.4. The average molecular weight is 264 g/mol. The highest BCUT2D eigenvalue weighted by Gasteiger charge is 2.22. The van der Waals surface area contributed by atoms with E-state index in [1.165, 1.54) is 11.1 Å². The normalized spacial score (nSPS) is 14.8. The van der Waals surface area contributed by atoms with E-state index < -0.39 is 6.10 Å². The SMILES string of the molecule is C[C@H](O)c1ccc(C#N)cc1N1Cc2ccccc2C1. The molecule has 1 heterocycles. The molecular formula is C17H16N2O. The van der Waals surface area contributed by atoms with E-state index in [0.29, 0.717) is 5.56 Å². The molecule has 0 unspecified atom stereocenters. The van der Waals surface area contributed by atoms with Crippen molar-refractivity contribution in [3.05, 3.63) is 64.7 Å². The topological polar surface area (TPSA) is 47.3 Å². The van der Waals surface area contributed by atoms with Gasteiger partial charge in [0.05, 0.1) is 17.7 Å². The number of fused-ring (bicyclic) bond motifs is 1. The van der Waals surface area contributed by atoms with E-state index in [0.717, 1.165) is 24.3 Å². The number of nitrogens with zero attached hydrogens (tertiary/aromatic N) is 2. The molecule has 100 valence electrons. The van der Waals surface area contributed by atoms with Crippen molar-refractivity contribution < 1.29 is 5.11 Å². The third-order valence-electron chi connectivity index (χ3n) is 3.79. The second-order valence-electron chi connectivity index (χ2n) is 5.19. The quantitative estimate of drug-likeness (QED) is 0.906. The van der Waals surface area contributed by atoms with Crippen molar-refractivity contribution in [3.8, 4) is 6.07 Å². The molecular weight excluding hydrogens is 248 g/mol. The lowest BCUT2D eigenvalue weighted by molar-refractivity contribution is 0.199. The first-order valence-electron chi connectivity index (χ1n) is 6.73. The summed E-state index contributed by atoms with van der Waals surface area (Å²) in [4.78, 5) is 2.22. The second kappa shape index (κ2) is 4.99. The molecule has 20 heavy (non-hydrogen) atoms. The summed E-state index contributed by atoms with van der Waals surface area (Å²) in [5, 5.41) is 19.0. The first-order valence-corrected chi connectivity index (χ1v) is 6.73. The molecule has 0 spiro atoms. The molecule has 3 heteroatoms. The van der Waals surface area contributed by atoms with Gasteiger partial charge in [0.1, 0.15) is 0 Å². The molecule has 1 N–H and O–H groups in total. The van der Waals surface area contributed by atoms with Crippen LogP contribution in [-0.4, -0.2) is 5.11 Å².